The Morgan fingerprint density at radius 1 is 1.17 bits per heavy atom. The fourth-order valence-corrected chi connectivity index (χ4v) is 3.06. The van der Waals surface area contributed by atoms with Crippen LogP contribution in [0.1, 0.15) is 37.8 Å². The molecule has 0 aliphatic carbocycles. The van der Waals surface area contributed by atoms with Gasteiger partial charge in [-0.15, -0.1) is 0 Å². The van der Waals surface area contributed by atoms with E-state index >= 15 is 0 Å². The van der Waals surface area contributed by atoms with Gasteiger partial charge in [0.1, 0.15) is 0 Å². The highest BCUT2D eigenvalue weighted by molar-refractivity contribution is 9.10. The number of carbonyl (C=O) groups excluding carboxylic acids is 2. The van der Waals surface area contributed by atoms with E-state index in [0.717, 1.165) is 4.47 Å². The van der Waals surface area contributed by atoms with E-state index in [0.29, 0.717) is 42.1 Å². The summed E-state index contributed by atoms with van der Waals surface area (Å²) in [6.45, 7) is 4.15. The van der Waals surface area contributed by atoms with Crippen molar-refractivity contribution in [2.45, 2.75) is 26.7 Å². The molecular formula is C22H20BrNO5. The van der Waals surface area contributed by atoms with E-state index in [-0.39, 0.29) is 17.6 Å². The van der Waals surface area contributed by atoms with E-state index in [1.54, 1.807) is 24.3 Å². The fraction of sp³-hybridized carbons (Fsp3) is 0.227. The molecule has 0 aromatic heterocycles. The van der Waals surface area contributed by atoms with Crippen LogP contribution in [0.4, 0.5) is 0 Å². The lowest BCUT2D eigenvalue weighted by Gasteiger charge is -2.11. The van der Waals surface area contributed by atoms with E-state index in [2.05, 4.69) is 20.9 Å². The molecule has 0 amide bonds. The van der Waals surface area contributed by atoms with Crippen LogP contribution in [0, 0.1) is 0 Å². The zero-order valence-electron chi connectivity index (χ0n) is 16.1. The van der Waals surface area contributed by atoms with E-state index in [1.165, 1.54) is 0 Å². The summed E-state index contributed by atoms with van der Waals surface area (Å²) in [5.41, 5.74) is 1.55. The minimum atomic E-state index is -0.531. The number of benzene rings is 2. The number of rotatable bonds is 7. The predicted molar refractivity (Wildman–Crippen MR) is 113 cm³/mol. The van der Waals surface area contributed by atoms with Gasteiger partial charge in [-0.25, -0.2) is 9.79 Å². The van der Waals surface area contributed by atoms with Crippen molar-refractivity contribution in [3.63, 3.8) is 0 Å². The van der Waals surface area contributed by atoms with Crippen molar-refractivity contribution in [3.05, 3.63) is 63.8 Å². The smallest absolute Gasteiger partial charge is 0.363 e. The van der Waals surface area contributed by atoms with Crippen molar-refractivity contribution in [3.8, 4) is 11.5 Å². The molecule has 1 aliphatic heterocycles. The molecule has 1 heterocycles. The zero-order chi connectivity index (χ0) is 20.8. The molecule has 0 spiro atoms. The second kappa shape index (κ2) is 9.52. The summed E-state index contributed by atoms with van der Waals surface area (Å²) in [5.74, 6) is 0.171. The van der Waals surface area contributed by atoms with Crippen LogP contribution in [0.3, 0.4) is 0 Å². The van der Waals surface area contributed by atoms with Gasteiger partial charge in [-0.2, -0.15) is 0 Å². The highest BCUT2D eigenvalue weighted by atomic mass is 79.9. The average molecular weight is 458 g/mol. The molecule has 150 valence electrons. The van der Waals surface area contributed by atoms with E-state index in [9.17, 15) is 9.59 Å². The quantitative estimate of drug-likeness (QED) is 0.335. The van der Waals surface area contributed by atoms with Crippen molar-refractivity contribution in [2.75, 3.05) is 6.61 Å². The summed E-state index contributed by atoms with van der Waals surface area (Å²) in [7, 11) is 0. The van der Waals surface area contributed by atoms with Crippen LogP contribution in [-0.2, 0) is 14.3 Å². The van der Waals surface area contributed by atoms with Crippen LogP contribution in [-0.4, -0.2) is 24.4 Å². The fourth-order valence-electron chi connectivity index (χ4n) is 2.66. The van der Waals surface area contributed by atoms with Crippen LogP contribution in [0.25, 0.3) is 6.08 Å². The summed E-state index contributed by atoms with van der Waals surface area (Å²) in [4.78, 5) is 28.3. The second-order valence-corrected chi connectivity index (χ2v) is 7.13. The first kappa shape index (κ1) is 20.8. The molecule has 0 fully saturated rings. The lowest BCUT2D eigenvalue weighted by Crippen LogP contribution is -2.08. The first-order valence-corrected chi connectivity index (χ1v) is 10.1. The van der Waals surface area contributed by atoms with Gasteiger partial charge in [-0.05, 0) is 55.3 Å². The van der Waals surface area contributed by atoms with Crippen molar-refractivity contribution >= 4 is 39.8 Å². The SMILES string of the molecule is CCCC(=O)Oc1ccc(/C=C2\N=C(c3cccc(Br)c3)OC2=O)cc1OCC. The van der Waals surface area contributed by atoms with Crippen molar-refractivity contribution in [1.82, 2.24) is 0 Å². The Morgan fingerprint density at radius 2 is 2.00 bits per heavy atom. The van der Waals surface area contributed by atoms with Crippen LogP contribution in [0.5, 0.6) is 11.5 Å². The molecule has 0 unspecified atom stereocenters. The monoisotopic (exact) mass is 457 g/mol. The molecule has 3 rings (SSSR count). The number of esters is 2. The number of cyclic esters (lactones) is 1. The van der Waals surface area contributed by atoms with Crippen LogP contribution >= 0.6 is 15.9 Å². The van der Waals surface area contributed by atoms with Gasteiger partial charge in [-0.1, -0.05) is 35.0 Å². The maximum Gasteiger partial charge on any atom is 0.363 e. The number of hydrogen-bond acceptors (Lipinski definition) is 6. The average Bonchev–Trinajstić information content (AvgIpc) is 3.05. The summed E-state index contributed by atoms with van der Waals surface area (Å²) in [6.07, 6.45) is 2.64. The van der Waals surface area contributed by atoms with E-state index < -0.39 is 5.97 Å². The lowest BCUT2D eigenvalue weighted by molar-refractivity contribution is -0.134. The van der Waals surface area contributed by atoms with E-state index in [1.807, 2.05) is 38.1 Å². The molecule has 2 aromatic carbocycles. The molecule has 7 heteroatoms. The Labute approximate surface area is 177 Å². The van der Waals surface area contributed by atoms with Gasteiger partial charge in [0, 0.05) is 16.5 Å². The molecule has 6 nitrogen and oxygen atoms in total. The summed E-state index contributed by atoms with van der Waals surface area (Å²) in [6, 6.07) is 12.4. The molecule has 0 atom stereocenters. The Hall–Kier alpha value is -2.93. The van der Waals surface area contributed by atoms with Gasteiger partial charge in [0.25, 0.3) is 0 Å². The summed E-state index contributed by atoms with van der Waals surface area (Å²) >= 11 is 3.39. The number of hydrogen-bond donors (Lipinski definition) is 0. The molecule has 0 saturated heterocycles. The van der Waals surface area contributed by atoms with E-state index in [4.69, 9.17) is 14.2 Å². The van der Waals surface area contributed by atoms with Crippen molar-refractivity contribution in [1.29, 1.82) is 0 Å². The first-order valence-electron chi connectivity index (χ1n) is 9.26. The maximum atomic E-state index is 12.2. The topological polar surface area (TPSA) is 74.2 Å². The second-order valence-electron chi connectivity index (χ2n) is 6.21. The van der Waals surface area contributed by atoms with Crippen LogP contribution in [0.15, 0.2) is 57.6 Å². The number of ether oxygens (including phenoxy) is 3. The van der Waals surface area contributed by atoms with Gasteiger partial charge >= 0.3 is 11.9 Å². The number of halogens is 1. The van der Waals surface area contributed by atoms with Crippen LogP contribution < -0.4 is 9.47 Å². The third kappa shape index (κ3) is 5.32. The minimum absolute atomic E-state index is 0.179. The predicted octanol–water partition coefficient (Wildman–Crippen LogP) is 4.90. The molecule has 0 radical (unpaired) electrons. The number of nitrogens with zero attached hydrogens (tertiary/aromatic N) is 1. The van der Waals surface area contributed by atoms with Gasteiger partial charge < -0.3 is 14.2 Å². The molecule has 0 N–H and O–H groups in total. The molecule has 0 saturated carbocycles. The summed E-state index contributed by atoms with van der Waals surface area (Å²) in [5, 5.41) is 0. The summed E-state index contributed by atoms with van der Waals surface area (Å²) < 4.78 is 17.1. The Kier molecular flexibility index (Phi) is 6.82. The third-order valence-electron chi connectivity index (χ3n) is 3.94. The largest absolute Gasteiger partial charge is 0.490 e. The third-order valence-corrected chi connectivity index (χ3v) is 4.43. The Morgan fingerprint density at radius 3 is 2.72 bits per heavy atom. The maximum absolute atomic E-state index is 12.2. The highest BCUT2D eigenvalue weighted by Gasteiger charge is 2.24. The molecule has 2 aromatic rings. The standard InChI is InChI=1S/C22H20BrNO5/c1-3-6-20(25)28-18-10-9-14(12-19(18)27-4-2)11-17-22(26)29-21(24-17)15-7-5-8-16(23)13-15/h5,7-13H,3-4,6H2,1-2H3/b17-11-. The van der Waals surface area contributed by atoms with Gasteiger partial charge in [0.05, 0.1) is 6.61 Å². The highest BCUT2D eigenvalue weighted by Crippen LogP contribution is 2.30. The normalized spacial score (nSPS) is 14.5. The van der Waals surface area contributed by atoms with Crippen LogP contribution in [0.2, 0.25) is 0 Å². The van der Waals surface area contributed by atoms with Crippen molar-refractivity contribution < 1.29 is 23.8 Å². The minimum Gasteiger partial charge on any atom is -0.490 e. The zero-order valence-corrected chi connectivity index (χ0v) is 17.7. The van der Waals surface area contributed by atoms with Gasteiger partial charge in [0.15, 0.2) is 17.2 Å². The van der Waals surface area contributed by atoms with Gasteiger partial charge in [-0.3, -0.25) is 4.79 Å². The molecular weight excluding hydrogens is 438 g/mol. The Balaban J connectivity index is 1.88. The number of carbonyl (C=O) groups is 2. The van der Waals surface area contributed by atoms with Crippen molar-refractivity contribution in [2.24, 2.45) is 4.99 Å². The number of aliphatic imine (C=N–C) groups is 1. The molecule has 0 bridgehead atoms. The first-order chi connectivity index (χ1) is 14.0. The molecule has 1 aliphatic rings. The Bertz CT molecular complexity index is 996. The lowest BCUT2D eigenvalue weighted by atomic mass is 10.1. The molecule has 29 heavy (non-hydrogen) atoms. The van der Waals surface area contributed by atoms with Gasteiger partial charge in [0.2, 0.25) is 5.90 Å².